The molecule has 1 atom stereocenters. The summed E-state index contributed by atoms with van der Waals surface area (Å²) < 4.78 is 0. The fourth-order valence-electron chi connectivity index (χ4n) is 4.23. The predicted octanol–water partition coefficient (Wildman–Crippen LogP) is -1.06. The molecular formula is C28H36B6N8O3. The van der Waals surface area contributed by atoms with Crippen LogP contribution in [0.1, 0.15) is 42.5 Å². The van der Waals surface area contributed by atoms with Gasteiger partial charge in [0.15, 0.2) is 17.3 Å². The van der Waals surface area contributed by atoms with Crippen molar-refractivity contribution in [3.05, 3.63) is 53.4 Å². The van der Waals surface area contributed by atoms with Crippen LogP contribution in [0.4, 0.5) is 17.3 Å². The summed E-state index contributed by atoms with van der Waals surface area (Å²) in [5.41, 5.74) is 7.91. The molecule has 2 rings (SSSR count). The number of carbonyl (C=O) groups excluding carboxylic acids is 3. The SMILES string of the molecule is [B]C([B])([B])N(C/C=C/C(=O)N(C)[C@@H](C)C(=O)NCCc1cccc(Nc2nc(N(C)CC)c(CC)nc2C(N)=O)c1)C([B])([B])[B]. The standard InChI is InChI=1S/C28H36B6N8O3/c1-6-20-25(40(4)7-2)39-24(22(38-20)23(35)44)37-19-11-8-10-18(16-19)13-14-36-26(45)17(3)41(5)21(43)12-9-15-42(27(29,30)31)28(32,33)34/h8-12,16-17H,6-7,13-15H2,1-5H3,(H2,35,44)(H,36,45)(H,37,39)/b12-9+/t17-/m0/s1. The maximum Gasteiger partial charge on any atom is 0.271 e. The van der Waals surface area contributed by atoms with Gasteiger partial charge in [0, 0.05) is 45.5 Å². The molecule has 0 bridgehead atoms. The van der Waals surface area contributed by atoms with Crippen LogP contribution >= 0.6 is 0 Å². The number of carbonyl (C=O) groups is 3. The lowest BCUT2D eigenvalue weighted by Gasteiger charge is -2.48. The van der Waals surface area contributed by atoms with Crippen LogP contribution in [0.5, 0.6) is 0 Å². The van der Waals surface area contributed by atoms with Crippen LogP contribution in [0.2, 0.25) is 0 Å². The Bertz CT molecular complexity index is 1370. The number of anilines is 3. The van der Waals surface area contributed by atoms with Gasteiger partial charge in [0.2, 0.25) is 11.8 Å². The molecule has 0 aliphatic carbocycles. The number of hydrogen-bond donors (Lipinski definition) is 3. The number of amides is 3. The molecule has 11 nitrogen and oxygen atoms in total. The molecule has 1 aromatic carbocycles. The van der Waals surface area contributed by atoms with E-state index in [9.17, 15) is 14.4 Å². The van der Waals surface area contributed by atoms with Gasteiger partial charge in [0.05, 0.1) is 52.8 Å². The van der Waals surface area contributed by atoms with Gasteiger partial charge in [-0.1, -0.05) is 35.6 Å². The molecule has 0 saturated heterocycles. The highest BCUT2D eigenvalue weighted by atomic mass is 16.2. The van der Waals surface area contributed by atoms with Gasteiger partial charge in [-0.25, -0.2) is 9.97 Å². The van der Waals surface area contributed by atoms with E-state index in [1.54, 1.807) is 6.92 Å². The van der Waals surface area contributed by atoms with E-state index >= 15 is 0 Å². The van der Waals surface area contributed by atoms with E-state index in [4.69, 9.17) is 52.8 Å². The van der Waals surface area contributed by atoms with E-state index in [2.05, 4.69) is 20.6 Å². The van der Waals surface area contributed by atoms with E-state index in [1.165, 1.54) is 24.1 Å². The Hall–Kier alpha value is -3.60. The summed E-state index contributed by atoms with van der Waals surface area (Å²) in [7, 11) is 37.2. The summed E-state index contributed by atoms with van der Waals surface area (Å²) >= 11 is 0. The second kappa shape index (κ2) is 16.1. The number of aromatic nitrogens is 2. The number of hydrogen-bond acceptors (Lipinski definition) is 8. The largest absolute Gasteiger partial charge is 0.364 e. The molecule has 0 aliphatic heterocycles. The Morgan fingerprint density at radius 3 is 2.24 bits per heavy atom. The van der Waals surface area contributed by atoms with Gasteiger partial charge in [-0.2, -0.15) is 0 Å². The Morgan fingerprint density at radius 1 is 1.04 bits per heavy atom. The van der Waals surface area contributed by atoms with E-state index in [0.717, 1.165) is 10.5 Å². The topological polar surface area (TPSA) is 137 Å². The Labute approximate surface area is 274 Å². The number of aryl methyl sites for hydroxylation is 1. The van der Waals surface area contributed by atoms with E-state index in [0.29, 0.717) is 43.1 Å². The van der Waals surface area contributed by atoms with Crippen molar-refractivity contribution in [1.82, 2.24) is 25.1 Å². The van der Waals surface area contributed by atoms with Gasteiger partial charge >= 0.3 is 0 Å². The molecule has 12 radical (unpaired) electrons. The maximum absolute atomic E-state index is 12.8. The second-order valence-corrected chi connectivity index (χ2v) is 10.7. The lowest BCUT2D eigenvalue weighted by Crippen LogP contribution is -2.63. The molecule has 1 aromatic heterocycles. The lowest BCUT2D eigenvalue weighted by molar-refractivity contribution is -0.135. The van der Waals surface area contributed by atoms with Crippen LogP contribution in [0.25, 0.3) is 0 Å². The minimum Gasteiger partial charge on any atom is -0.364 e. The fourth-order valence-corrected chi connectivity index (χ4v) is 4.23. The van der Waals surface area contributed by atoms with Crippen LogP contribution in [0, 0.1) is 0 Å². The molecule has 45 heavy (non-hydrogen) atoms. The van der Waals surface area contributed by atoms with Gasteiger partial charge in [-0.3, -0.25) is 14.4 Å². The van der Waals surface area contributed by atoms with Gasteiger partial charge in [-0.05, 0) is 44.4 Å². The number of nitrogens with two attached hydrogens (primary N) is 1. The molecule has 0 fully saturated rings. The van der Waals surface area contributed by atoms with Gasteiger partial charge < -0.3 is 31.1 Å². The Morgan fingerprint density at radius 2 is 1.69 bits per heavy atom. The molecule has 0 aliphatic rings. The van der Waals surface area contributed by atoms with Crippen molar-refractivity contribution in [2.24, 2.45) is 5.73 Å². The molecule has 1 heterocycles. The first kappa shape index (κ1) is 37.6. The average Bonchev–Trinajstić information content (AvgIpc) is 2.96. The smallest absolute Gasteiger partial charge is 0.271 e. The highest BCUT2D eigenvalue weighted by Gasteiger charge is 2.28. The monoisotopic (exact) mass is 598 g/mol. The van der Waals surface area contributed by atoms with Crippen molar-refractivity contribution in [3.8, 4) is 0 Å². The number of nitrogens with zero attached hydrogens (tertiary/aromatic N) is 5. The highest BCUT2D eigenvalue weighted by Crippen LogP contribution is 2.25. The molecule has 224 valence electrons. The first-order valence-electron chi connectivity index (χ1n) is 14.4. The molecule has 3 amide bonds. The summed E-state index contributed by atoms with van der Waals surface area (Å²) in [6.45, 7) is 6.41. The van der Waals surface area contributed by atoms with Gasteiger partial charge in [0.25, 0.3) is 5.91 Å². The molecule has 0 saturated carbocycles. The molecule has 4 N–H and O–H groups in total. The van der Waals surface area contributed by atoms with Gasteiger partial charge in [-0.15, -0.1) is 0 Å². The quantitative estimate of drug-likeness (QED) is 0.165. The molecule has 2 aromatic rings. The zero-order chi connectivity index (χ0) is 34.1. The van der Waals surface area contributed by atoms with Crippen molar-refractivity contribution in [1.29, 1.82) is 0 Å². The van der Waals surface area contributed by atoms with Crippen LogP contribution in [-0.2, 0) is 22.4 Å². The predicted molar refractivity (Wildman–Crippen MR) is 183 cm³/mol. The lowest BCUT2D eigenvalue weighted by atomic mass is 9.40. The number of nitrogens with one attached hydrogen (secondary N) is 2. The maximum atomic E-state index is 12.8. The van der Waals surface area contributed by atoms with Crippen molar-refractivity contribution in [3.63, 3.8) is 0 Å². The minimum atomic E-state index is -1.93. The van der Waals surface area contributed by atoms with E-state index in [-0.39, 0.29) is 24.0 Å². The molecule has 0 spiro atoms. The van der Waals surface area contributed by atoms with E-state index in [1.807, 2.05) is 50.1 Å². The third kappa shape index (κ3) is 10.8. The Kier molecular flexibility index (Phi) is 13.5. The highest BCUT2D eigenvalue weighted by molar-refractivity contribution is 6.63. The van der Waals surface area contributed by atoms with Crippen molar-refractivity contribution >= 4 is 82.1 Å². The number of benzene rings is 1. The fraction of sp³-hybridized carbons (Fsp3) is 0.464. The molecular weight excluding hydrogens is 561 g/mol. The van der Waals surface area contributed by atoms with Crippen LogP contribution < -0.4 is 21.3 Å². The van der Waals surface area contributed by atoms with Crippen molar-refractivity contribution < 1.29 is 14.4 Å². The summed E-state index contributed by atoms with van der Waals surface area (Å²) in [6.07, 6.45) is 3.67. The number of primary amides is 1. The third-order valence-corrected chi connectivity index (χ3v) is 7.05. The summed E-state index contributed by atoms with van der Waals surface area (Å²) in [6, 6.07) is 6.66. The zero-order valence-corrected chi connectivity index (χ0v) is 26.6. The summed E-state index contributed by atoms with van der Waals surface area (Å²) in [4.78, 5) is 50.9. The second-order valence-electron chi connectivity index (χ2n) is 10.7. The summed E-state index contributed by atoms with van der Waals surface area (Å²) in [5.74, 6) is -0.593. The average molecular weight is 598 g/mol. The van der Waals surface area contributed by atoms with Crippen LogP contribution in [-0.4, -0.2) is 135 Å². The number of likely N-dealkylation sites (N-methyl/N-ethyl adjacent to an activating group) is 1. The third-order valence-electron chi connectivity index (χ3n) is 7.05. The van der Waals surface area contributed by atoms with Gasteiger partial charge in [0.1, 0.15) is 6.04 Å². The molecule has 17 heteroatoms. The zero-order valence-electron chi connectivity index (χ0n) is 26.6. The van der Waals surface area contributed by atoms with Crippen molar-refractivity contribution in [2.45, 2.75) is 50.1 Å². The van der Waals surface area contributed by atoms with Crippen LogP contribution in [0.15, 0.2) is 36.4 Å². The first-order chi connectivity index (χ1) is 20.9. The number of rotatable bonds is 16. The normalized spacial score (nSPS) is 12.6. The summed E-state index contributed by atoms with van der Waals surface area (Å²) in [5, 5.41) is 2.14. The van der Waals surface area contributed by atoms with Crippen LogP contribution in [0.3, 0.4) is 0 Å². The molecule has 0 unspecified atom stereocenters. The van der Waals surface area contributed by atoms with Crippen molar-refractivity contribution in [2.75, 3.05) is 43.9 Å². The minimum absolute atomic E-state index is 0.0510. The van der Waals surface area contributed by atoms with E-state index < -0.39 is 28.3 Å². The first-order valence-corrected chi connectivity index (χ1v) is 14.4. The Balaban J connectivity index is 2.03.